The Kier molecular flexibility index (Phi) is 7.82. The van der Waals surface area contributed by atoms with Crippen LogP contribution in [0.4, 0.5) is 0 Å². The van der Waals surface area contributed by atoms with Crippen molar-refractivity contribution < 1.29 is 19.5 Å². The minimum Gasteiger partial charge on any atom is -0.480 e. The fraction of sp³-hybridized carbons (Fsp3) is 0.571. The van der Waals surface area contributed by atoms with Gasteiger partial charge in [-0.3, -0.25) is 14.4 Å². The van der Waals surface area contributed by atoms with E-state index in [1.165, 1.54) is 4.90 Å². The average molecular weight is 374 g/mol. The number of amides is 2. The topological polar surface area (TPSA) is 77.9 Å². The summed E-state index contributed by atoms with van der Waals surface area (Å²) in [5.74, 6) is -1.16. The van der Waals surface area contributed by atoms with Crippen LogP contribution in [0.1, 0.15) is 45.1 Å². The number of aliphatic carboxylic acids is 1. The van der Waals surface area contributed by atoms with Crippen LogP contribution in [0, 0.1) is 5.92 Å². The van der Waals surface area contributed by atoms with Gasteiger partial charge in [-0.1, -0.05) is 37.3 Å². The number of rotatable bonds is 8. The number of hydrogen-bond donors (Lipinski definition) is 1. The predicted molar refractivity (Wildman–Crippen MR) is 103 cm³/mol. The van der Waals surface area contributed by atoms with E-state index in [9.17, 15) is 14.4 Å². The zero-order chi connectivity index (χ0) is 19.8. The molecule has 0 saturated carbocycles. The molecule has 0 aliphatic carbocycles. The summed E-state index contributed by atoms with van der Waals surface area (Å²) in [6.45, 7) is 4.69. The molecule has 1 atom stereocenters. The van der Waals surface area contributed by atoms with Crippen LogP contribution in [0.25, 0.3) is 0 Å². The summed E-state index contributed by atoms with van der Waals surface area (Å²) in [6, 6.07) is 9.84. The van der Waals surface area contributed by atoms with Crippen molar-refractivity contribution in [2.75, 3.05) is 19.6 Å². The van der Waals surface area contributed by atoms with Crippen LogP contribution in [-0.2, 0) is 20.8 Å². The van der Waals surface area contributed by atoms with Crippen molar-refractivity contribution >= 4 is 17.8 Å². The van der Waals surface area contributed by atoms with Gasteiger partial charge in [0.15, 0.2) is 0 Å². The zero-order valence-corrected chi connectivity index (χ0v) is 16.3. The second kappa shape index (κ2) is 10.1. The Morgan fingerprint density at radius 1 is 1.19 bits per heavy atom. The molecule has 1 aromatic rings. The lowest BCUT2D eigenvalue weighted by Gasteiger charge is -2.36. The van der Waals surface area contributed by atoms with Crippen molar-refractivity contribution in [3.63, 3.8) is 0 Å². The van der Waals surface area contributed by atoms with E-state index in [0.717, 1.165) is 18.4 Å². The summed E-state index contributed by atoms with van der Waals surface area (Å²) >= 11 is 0. The summed E-state index contributed by atoms with van der Waals surface area (Å²) in [7, 11) is 0. The summed E-state index contributed by atoms with van der Waals surface area (Å²) in [5, 5.41) is 9.10. The molecule has 1 heterocycles. The van der Waals surface area contributed by atoms with E-state index in [-0.39, 0.29) is 30.3 Å². The quantitative estimate of drug-likeness (QED) is 0.759. The van der Waals surface area contributed by atoms with Crippen LogP contribution >= 0.6 is 0 Å². The zero-order valence-electron chi connectivity index (χ0n) is 16.3. The van der Waals surface area contributed by atoms with E-state index in [4.69, 9.17) is 5.11 Å². The molecule has 6 nitrogen and oxygen atoms in total. The van der Waals surface area contributed by atoms with Crippen molar-refractivity contribution in [3.8, 4) is 0 Å². The number of aryl methyl sites for hydroxylation is 1. The molecule has 2 amide bonds. The van der Waals surface area contributed by atoms with Crippen molar-refractivity contribution in [3.05, 3.63) is 35.9 Å². The molecule has 1 aliphatic rings. The van der Waals surface area contributed by atoms with Gasteiger partial charge in [0.2, 0.25) is 11.8 Å². The molecule has 0 bridgehead atoms. The molecule has 1 saturated heterocycles. The Balaban J connectivity index is 1.85. The Morgan fingerprint density at radius 3 is 2.37 bits per heavy atom. The van der Waals surface area contributed by atoms with Crippen LogP contribution in [0.15, 0.2) is 30.3 Å². The van der Waals surface area contributed by atoms with Crippen molar-refractivity contribution in [2.45, 2.75) is 52.0 Å². The number of hydrogen-bond acceptors (Lipinski definition) is 3. The first-order valence-corrected chi connectivity index (χ1v) is 9.76. The lowest BCUT2D eigenvalue weighted by molar-refractivity contribution is -0.149. The highest BCUT2D eigenvalue weighted by Crippen LogP contribution is 2.22. The fourth-order valence-corrected chi connectivity index (χ4v) is 3.48. The van der Waals surface area contributed by atoms with Gasteiger partial charge in [-0.2, -0.15) is 0 Å². The Bertz CT molecular complexity index is 639. The predicted octanol–water partition coefficient (Wildman–Crippen LogP) is 2.57. The van der Waals surface area contributed by atoms with E-state index in [1.54, 1.807) is 0 Å². The molecular weight excluding hydrogens is 344 g/mol. The van der Waals surface area contributed by atoms with Crippen LogP contribution in [-0.4, -0.2) is 58.4 Å². The SMILES string of the molecule is CCC(C)N(CC(=O)O)C(=O)C1CCN(C(=O)CCc2ccccc2)CC1. The van der Waals surface area contributed by atoms with Gasteiger partial charge in [0, 0.05) is 31.5 Å². The third kappa shape index (κ3) is 6.08. The van der Waals surface area contributed by atoms with Crippen LogP contribution in [0.2, 0.25) is 0 Å². The monoisotopic (exact) mass is 374 g/mol. The van der Waals surface area contributed by atoms with Gasteiger partial charge < -0.3 is 14.9 Å². The summed E-state index contributed by atoms with van der Waals surface area (Å²) in [6.07, 6.45) is 3.11. The molecular formula is C21H30N2O4. The summed E-state index contributed by atoms with van der Waals surface area (Å²) in [4.78, 5) is 39.6. The summed E-state index contributed by atoms with van der Waals surface area (Å²) in [5.41, 5.74) is 1.15. The number of carboxylic acid groups (broad SMARTS) is 1. The molecule has 148 valence electrons. The van der Waals surface area contributed by atoms with E-state index in [0.29, 0.717) is 32.4 Å². The maximum Gasteiger partial charge on any atom is 0.323 e. The lowest BCUT2D eigenvalue weighted by atomic mass is 9.94. The largest absolute Gasteiger partial charge is 0.480 e. The standard InChI is InChI=1S/C21H30N2O4/c1-3-16(2)23(15-20(25)26)21(27)18-11-13-22(14-12-18)19(24)10-9-17-7-5-4-6-8-17/h4-8,16,18H,3,9-15H2,1-2H3,(H,25,26). The second-order valence-electron chi connectivity index (χ2n) is 7.26. The van der Waals surface area contributed by atoms with E-state index >= 15 is 0 Å². The molecule has 0 aromatic heterocycles. The number of carbonyl (C=O) groups is 3. The fourth-order valence-electron chi connectivity index (χ4n) is 3.48. The minimum atomic E-state index is -0.989. The van der Waals surface area contributed by atoms with E-state index in [1.807, 2.05) is 49.1 Å². The van der Waals surface area contributed by atoms with Gasteiger partial charge in [-0.15, -0.1) is 0 Å². The lowest BCUT2D eigenvalue weighted by Crippen LogP contribution is -2.48. The average Bonchev–Trinajstić information content (AvgIpc) is 2.70. The molecule has 2 rings (SSSR count). The molecule has 1 aromatic carbocycles. The van der Waals surface area contributed by atoms with Gasteiger partial charge in [0.05, 0.1) is 0 Å². The highest BCUT2D eigenvalue weighted by atomic mass is 16.4. The number of piperidine rings is 1. The first-order chi connectivity index (χ1) is 12.9. The second-order valence-corrected chi connectivity index (χ2v) is 7.26. The normalized spacial score (nSPS) is 16.0. The molecule has 1 fully saturated rings. The molecule has 27 heavy (non-hydrogen) atoms. The molecule has 6 heteroatoms. The highest BCUT2D eigenvalue weighted by molar-refractivity contribution is 5.84. The van der Waals surface area contributed by atoms with Crippen molar-refractivity contribution in [1.82, 2.24) is 9.80 Å². The number of nitrogens with zero attached hydrogens (tertiary/aromatic N) is 2. The molecule has 1 unspecified atom stereocenters. The van der Waals surface area contributed by atoms with Gasteiger partial charge in [-0.25, -0.2) is 0 Å². The number of likely N-dealkylation sites (tertiary alicyclic amines) is 1. The molecule has 1 N–H and O–H groups in total. The number of carbonyl (C=O) groups excluding carboxylic acids is 2. The molecule has 0 spiro atoms. The molecule has 1 aliphatic heterocycles. The van der Waals surface area contributed by atoms with Gasteiger partial charge in [-0.05, 0) is 38.2 Å². The Morgan fingerprint density at radius 2 is 1.81 bits per heavy atom. The Labute approximate surface area is 161 Å². The first kappa shape index (κ1) is 20.9. The third-order valence-electron chi connectivity index (χ3n) is 5.38. The van der Waals surface area contributed by atoms with Gasteiger partial charge >= 0.3 is 5.97 Å². The van der Waals surface area contributed by atoms with Crippen molar-refractivity contribution in [1.29, 1.82) is 0 Å². The summed E-state index contributed by atoms with van der Waals surface area (Å²) < 4.78 is 0. The smallest absolute Gasteiger partial charge is 0.323 e. The minimum absolute atomic E-state index is 0.0943. The first-order valence-electron chi connectivity index (χ1n) is 9.76. The number of benzene rings is 1. The molecule has 0 radical (unpaired) electrons. The highest BCUT2D eigenvalue weighted by Gasteiger charge is 2.32. The van der Waals surface area contributed by atoms with E-state index < -0.39 is 5.97 Å². The van der Waals surface area contributed by atoms with Gasteiger partial charge in [0.1, 0.15) is 6.54 Å². The van der Waals surface area contributed by atoms with Crippen LogP contribution in [0.3, 0.4) is 0 Å². The van der Waals surface area contributed by atoms with Crippen molar-refractivity contribution in [2.24, 2.45) is 5.92 Å². The van der Waals surface area contributed by atoms with Gasteiger partial charge in [0.25, 0.3) is 0 Å². The van der Waals surface area contributed by atoms with Crippen LogP contribution in [0.5, 0.6) is 0 Å². The van der Waals surface area contributed by atoms with E-state index in [2.05, 4.69) is 0 Å². The Hall–Kier alpha value is -2.37. The number of carboxylic acids is 1. The maximum absolute atomic E-state index is 12.8. The van der Waals surface area contributed by atoms with Crippen LogP contribution < -0.4 is 0 Å². The maximum atomic E-state index is 12.8. The third-order valence-corrected chi connectivity index (χ3v) is 5.38.